The van der Waals surface area contributed by atoms with Gasteiger partial charge in [0.2, 0.25) is 0 Å². The summed E-state index contributed by atoms with van der Waals surface area (Å²) in [5.74, 6) is -1.57. The molecule has 4 nitrogen and oxygen atoms in total. The quantitative estimate of drug-likeness (QED) is 0.349. The first-order valence-corrected chi connectivity index (χ1v) is 7.19. The van der Waals surface area contributed by atoms with Crippen molar-refractivity contribution in [3.8, 4) is 11.5 Å². The topological polar surface area (TPSA) is 92.5 Å². The lowest BCUT2D eigenvalue weighted by atomic mass is 10.1. The maximum atomic E-state index is 13.1. The number of rotatable bonds is 2. The van der Waals surface area contributed by atoms with Gasteiger partial charge in [-0.3, -0.25) is 0 Å². The third-order valence-corrected chi connectivity index (χ3v) is 4.20. The summed E-state index contributed by atoms with van der Waals surface area (Å²) in [4.78, 5) is -1.37. The third-order valence-electron chi connectivity index (χ3n) is 3.09. The summed E-state index contributed by atoms with van der Waals surface area (Å²) in [6.45, 7) is 0. The number of hydrogen-bond acceptors (Lipinski definition) is 5. The van der Waals surface area contributed by atoms with E-state index in [4.69, 9.17) is 11.5 Å². The number of halogens is 6. The molecule has 0 bridgehead atoms. The van der Waals surface area contributed by atoms with Crippen LogP contribution in [0.2, 0.25) is 0 Å². The van der Waals surface area contributed by atoms with Gasteiger partial charge in [-0.25, -0.2) is 0 Å². The minimum Gasteiger partial charge on any atom is -0.506 e. The summed E-state index contributed by atoms with van der Waals surface area (Å²) in [7, 11) is 0. The van der Waals surface area contributed by atoms with E-state index in [-0.39, 0.29) is 11.8 Å². The maximum absolute atomic E-state index is 13.1. The third kappa shape index (κ3) is 3.98. The summed E-state index contributed by atoms with van der Waals surface area (Å²) in [5, 5.41) is 18.9. The van der Waals surface area contributed by atoms with Gasteiger partial charge in [0.25, 0.3) is 0 Å². The van der Waals surface area contributed by atoms with E-state index in [1.54, 1.807) is 0 Å². The van der Waals surface area contributed by atoms with E-state index in [0.29, 0.717) is 24.3 Å². The van der Waals surface area contributed by atoms with Crippen molar-refractivity contribution in [2.45, 2.75) is 22.1 Å². The smallest absolute Gasteiger partial charge is 0.417 e. The Morgan fingerprint density at radius 3 is 1.60 bits per heavy atom. The van der Waals surface area contributed by atoms with Crippen LogP contribution in [0.4, 0.5) is 37.7 Å². The Morgan fingerprint density at radius 2 is 1.08 bits per heavy atom. The van der Waals surface area contributed by atoms with Crippen molar-refractivity contribution in [2.24, 2.45) is 0 Å². The molecule has 0 atom stereocenters. The highest BCUT2D eigenvalue weighted by atomic mass is 32.2. The fourth-order valence-electron chi connectivity index (χ4n) is 1.90. The van der Waals surface area contributed by atoms with E-state index in [9.17, 15) is 36.6 Å². The Labute approximate surface area is 141 Å². The Hall–Kier alpha value is -2.43. The van der Waals surface area contributed by atoms with Gasteiger partial charge in [0.1, 0.15) is 11.5 Å². The molecule has 0 unspecified atom stereocenters. The van der Waals surface area contributed by atoms with E-state index >= 15 is 0 Å². The Bertz CT molecular complexity index is 753. The highest BCUT2D eigenvalue weighted by Gasteiger charge is 2.37. The molecule has 2 rings (SSSR count). The molecule has 0 saturated carbocycles. The minimum absolute atomic E-state index is 0.0937. The number of alkyl halides is 6. The van der Waals surface area contributed by atoms with E-state index in [2.05, 4.69) is 0 Å². The standard InChI is InChI=1S/C14H10F6N2O2S/c15-13(16,17)5-1-7(21)10(24)4-12(5)25-11-3-8(22)9(23)2-6(11)14(18,19)20/h1-4,23-24H,21-22H2. The van der Waals surface area contributed by atoms with Crippen molar-refractivity contribution in [3.63, 3.8) is 0 Å². The van der Waals surface area contributed by atoms with Gasteiger partial charge in [0, 0.05) is 9.79 Å². The van der Waals surface area contributed by atoms with Crippen LogP contribution in [0.3, 0.4) is 0 Å². The summed E-state index contributed by atoms with van der Waals surface area (Å²) >= 11 is 0.0937. The second-order valence-corrected chi connectivity index (χ2v) is 6.00. The Kier molecular flexibility index (Phi) is 4.64. The van der Waals surface area contributed by atoms with Crippen LogP contribution in [0.1, 0.15) is 11.1 Å². The normalized spacial score (nSPS) is 12.4. The van der Waals surface area contributed by atoms with Crippen LogP contribution in [0.15, 0.2) is 34.1 Å². The zero-order chi connectivity index (χ0) is 19.2. The van der Waals surface area contributed by atoms with Crippen molar-refractivity contribution in [1.82, 2.24) is 0 Å². The predicted octanol–water partition coefficient (Wildman–Crippen LogP) is 4.45. The largest absolute Gasteiger partial charge is 0.506 e. The highest BCUT2D eigenvalue weighted by molar-refractivity contribution is 7.99. The lowest BCUT2D eigenvalue weighted by molar-refractivity contribution is -0.140. The van der Waals surface area contributed by atoms with Crippen molar-refractivity contribution < 1.29 is 36.6 Å². The maximum Gasteiger partial charge on any atom is 0.417 e. The fraction of sp³-hybridized carbons (Fsp3) is 0.143. The average molecular weight is 384 g/mol. The zero-order valence-corrected chi connectivity index (χ0v) is 12.9. The molecule has 0 aliphatic carbocycles. The second kappa shape index (κ2) is 6.14. The van der Waals surface area contributed by atoms with E-state index in [0.717, 1.165) is 0 Å². The number of hydrogen-bond donors (Lipinski definition) is 4. The number of phenols is 2. The summed E-state index contributed by atoms with van der Waals surface area (Å²) in [6.07, 6.45) is -9.85. The van der Waals surface area contributed by atoms with Crippen LogP contribution in [0.5, 0.6) is 11.5 Å². The molecule has 0 spiro atoms. The minimum atomic E-state index is -4.94. The molecule has 0 saturated heterocycles. The van der Waals surface area contributed by atoms with Crippen LogP contribution in [0, 0.1) is 0 Å². The average Bonchev–Trinajstić information content (AvgIpc) is 2.43. The van der Waals surface area contributed by atoms with Crippen LogP contribution in [0.25, 0.3) is 0 Å². The molecule has 0 radical (unpaired) electrons. The van der Waals surface area contributed by atoms with Gasteiger partial charge >= 0.3 is 12.4 Å². The number of phenolic OH excluding ortho intramolecular Hbond substituents is 2. The first kappa shape index (κ1) is 18.9. The van der Waals surface area contributed by atoms with Crippen molar-refractivity contribution in [2.75, 3.05) is 11.5 Å². The van der Waals surface area contributed by atoms with E-state index in [1.807, 2.05) is 0 Å². The van der Waals surface area contributed by atoms with Gasteiger partial charge in [-0.1, -0.05) is 11.8 Å². The van der Waals surface area contributed by atoms with Crippen molar-refractivity contribution >= 4 is 23.1 Å². The first-order chi connectivity index (χ1) is 11.3. The molecule has 136 valence electrons. The second-order valence-electron chi connectivity index (χ2n) is 4.91. The number of nitrogen functional groups attached to an aromatic ring is 2. The molecule has 2 aromatic rings. The van der Waals surface area contributed by atoms with Crippen LogP contribution in [-0.2, 0) is 12.4 Å². The summed E-state index contributed by atoms with van der Waals surface area (Å²) in [5.41, 5.74) is 6.88. The van der Waals surface area contributed by atoms with Gasteiger partial charge in [-0.05, 0) is 24.3 Å². The van der Waals surface area contributed by atoms with Gasteiger partial charge in [-0.15, -0.1) is 0 Å². The van der Waals surface area contributed by atoms with Crippen LogP contribution >= 0.6 is 11.8 Å². The number of aromatic hydroxyl groups is 2. The van der Waals surface area contributed by atoms with Gasteiger partial charge in [0.15, 0.2) is 0 Å². The molecular weight excluding hydrogens is 374 g/mol. The molecular formula is C14H10F6N2O2S. The Morgan fingerprint density at radius 1 is 0.680 bits per heavy atom. The number of anilines is 2. The van der Waals surface area contributed by atoms with Gasteiger partial charge in [-0.2, -0.15) is 26.3 Å². The molecule has 0 amide bonds. The van der Waals surface area contributed by atoms with Crippen LogP contribution < -0.4 is 11.5 Å². The summed E-state index contributed by atoms with van der Waals surface area (Å²) in [6, 6.07) is 2.07. The highest BCUT2D eigenvalue weighted by Crippen LogP contribution is 2.47. The molecule has 0 fully saturated rings. The molecule has 0 aromatic heterocycles. The van der Waals surface area contributed by atoms with Crippen LogP contribution in [-0.4, -0.2) is 10.2 Å². The molecule has 0 aliphatic heterocycles. The molecule has 2 aromatic carbocycles. The number of nitrogens with two attached hydrogens (primary N) is 2. The summed E-state index contributed by atoms with van der Waals surface area (Å²) < 4.78 is 78.6. The fourth-order valence-corrected chi connectivity index (χ4v) is 3.06. The van der Waals surface area contributed by atoms with E-state index in [1.165, 1.54) is 0 Å². The first-order valence-electron chi connectivity index (χ1n) is 6.38. The Balaban J connectivity index is 2.65. The molecule has 0 heterocycles. The molecule has 6 N–H and O–H groups in total. The van der Waals surface area contributed by atoms with E-state index < -0.39 is 56.1 Å². The lowest BCUT2D eigenvalue weighted by Crippen LogP contribution is -2.10. The van der Waals surface area contributed by atoms with Crippen molar-refractivity contribution in [3.05, 3.63) is 35.4 Å². The molecule has 25 heavy (non-hydrogen) atoms. The lowest BCUT2D eigenvalue weighted by Gasteiger charge is -2.17. The van der Waals surface area contributed by atoms with Gasteiger partial charge < -0.3 is 21.7 Å². The molecule has 11 heteroatoms. The van der Waals surface area contributed by atoms with Gasteiger partial charge in [0.05, 0.1) is 22.5 Å². The van der Waals surface area contributed by atoms with Crippen molar-refractivity contribution in [1.29, 1.82) is 0 Å². The monoisotopic (exact) mass is 384 g/mol. The zero-order valence-electron chi connectivity index (χ0n) is 12.0. The number of benzene rings is 2. The predicted molar refractivity (Wildman–Crippen MR) is 79.2 cm³/mol. The SMILES string of the molecule is Nc1cc(C(F)(F)F)c(Sc2cc(N)c(O)cc2C(F)(F)F)cc1O. The molecule has 0 aliphatic rings.